The van der Waals surface area contributed by atoms with Gasteiger partial charge in [-0.25, -0.2) is 4.79 Å². The standard InChI is InChI=1S/C16H25NO3.C3H6O/c1-7-8-9-10-11-13-12-17(16(5,6)19-13)14(18)20-15(2,3)4;1-2-3-4/h7-11,13H,1,12H2,2-6H3;3H,2H2,1H3/b9-8-,11-10+;. The quantitative estimate of drug-likeness (QED) is 0.568. The maximum Gasteiger partial charge on any atom is 0.412 e. The second-order valence-electron chi connectivity index (χ2n) is 6.77. The van der Waals surface area contributed by atoms with E-state index in [9.17, 15) is 9.59 Å². The van der Waals surface area contributed by atoms with Crippen LogP contribution in [0.2, 0.25) is 0 Å². The Bertz CT molecular complexity index is 472. The highest BCUT2D eigenvalue weighted by Gasteiger charge is 2.43. The van der Waals surface area contributed by atoms with E-state index in [4.69, 9.17) is 9.47 Å². The van der Waals surface area contributed by atoms with Crippen molar-refractivity contribution in [2.24, 2.45) is 0 Å². The molecule has 0 radical (unpaired) electrons. The number of carbonyl (C=O) groups excluding carboxylic acids is 2. The minimum atomic E-state index is -0.667. The molecule has 0 aromatic carbocycles. The summed E-state index contributed by atoms with van der Waals surface area (Å²) in [6.45, 7) is 15.2. The van der Waals surface area contributed by atoms with E-state index >= 15 is 0 Å². The number of hydrogen-bond acceptors (Lipinski definition) is 4. The van der Waals surface area contributed by atoms with Crippen molar-refractivity contribution in [1.82, 2.24) is 4.90 Å². The van der Waals surface area contributed by atoms with Gasteiger partial charge in [0.05, 0.1) is 12.6 Å². The number of aldehydes is 1. The molecule has 1 amide bonds. The van der Waals surface area contributed by atoms with Crippen LogP contribution >= 0.6 is 0 Å². The van der Waals surface area contributed by atoms with Crippen LogP contribution in [0, 0.1) is 0 Å². The van der Waals surface area contributed by atoms with Crippen molar-refractivity contribution in [3.8, 4) is 0 Å². The van der Waals surface area contributed by atoms with Gasteiger partial charge in [0.1, 0.15) is 17.6 Å². The van der Waals surface area contributed by atoms with Crippen LogP contribution in [0.25, 0.3) is 0 Å². The van der Waals surface area contributed by atoms with Crippen LogP contribution in [0.15, 0.2) is 37.0 Å². The third-order valence-corrected chi connectivity index (χ3v) is 2.92. The van der Waals surface area contributed by atoms with Crippen molar-refractivity contribution in [1.29, 1.82) is 0 Å². The minimum Gasteiger partial charge on any atom is -0.444 e. The maximum atomic E-state index is 12.2. The monoisotopic (exact) mass is 337 g/mol. The predicted octanol–water partition coefficient (Wildman–Crippen LogP) is 4.25. The van der Waals surface area contributed by atoms with Crippen LogP contribution in [-0.2, 0) is 14.3 Å². The molecule has 0 aliphatic carbocycles. The lowest BCUT2D eigenvalue weighted by Gasteiger charge is -2.31. The van der Waals surface area contributed by atoms with Crippen LogP contribution in [0.3, 0.4) is 0 Å². The number of rotatable bonds is 4. The lowest BCUT2D eigenvalue weighted by molar-refractivity contribution is -0.107. The fraction of sp³-hybridized carbons (Fsp3) is 0.579. The molecule has 1 atom stereocenters. The van der Waals surface area contributed by atoms with Crippen LogP contribution in [-0.4, -0.2) is 41.3 Å². The van der Waals surface area contributed by atoms with Crippen LogP contribution < -0.4 is 0 Å². The molecule has 24 heavy (non-hydrogen) atoms. The molecule has 1 rings (SSSR count). The third kappa shape index (κ3) is 8.67. The van der Waals surface area contributed by atoms with Crippen LogP contribution in [0.1, 0.15) is 48.0 Å². The van der Waals surface area contributed by atoms with Gasteiger partial charge in [-0.15, -0.1) is 0 Å². The van der Waals surface area contributed by atoms with Crippen molar-refractivity contribution in [3.63, 3.8) is 0 Å². The van der Waals surface area contributed by atoms with E-state index in [1.165, 1.54) is 0 Å². The Balaban J connectivity index is 0.00000118. The highest BCUT2D eigenvalue weighted by atomic mass is 16.6. The Kier molecular flexibility index (Phi) is 9.29. The summed E-state index contributed by atoms with van der Waals surface area (Å²) >= 11 is 0. The molecular formula is C19H31NO4. The van der Waals surface area contributed by atoms with Gasteiger partial charge >= 0.3 is 6.09 Å². The smallest absolute Gasteiger partial charge is 0.412 e. The molecule has 0 N–H and O–H groups in total. The summed E-state index contributed by atoms with van der Waals surface area (Å²) in [6, 6.07) is 0. The van der Waals surface area contributed by atoms with Gasteiger partial charge in [0.2, 0.25) is 0 Å². The Hall–Kier alpha value is -1.88. The second kappa shape index (κ2) is 10.1. The lowest BCUT2D eigenvalue weighted by atomic mass is 10.2. The average molecular weight is 337 g/mol. The van der Waals surface area contributed by atoms with Crippen molar-refractivity contribution < 1.29 is 19.1 Å². The van der Waals surface area contributed by atoms with Crippen molar-refractivity contribution in [2.45, 2.75) is 65.4 Å². The predicted molar refractivity (Wildman–Crippen MR) is 96.7 cm³/mol. The van der Waals surface area contributed by atoms with E-state index in [0.29, 0.717) is 13.0 Å². The molecule has 0 saturated carbocycles. The van der Waals surface area contributed by atoms with Gasteiger partial charge in [0.15, 0.2) is 0 Å². The summed E-state index contributed by atoms with van der Waals surface area (Å²) in [5.41, 5.74) is -1.17. The maximum absolute atomic E-state index is 12.2. The van der Waals surface area contributed by atoms with Gasteiger partial charge in [-0.05, 0) is 34.6 Å². The molecule has 1 fully saturated rings. The summed E-state index contributed by atoms with van der Waals surface area (Å²) < 4.78 is 11.3. The number of ether oxygens (including phenoxy) is 2. The van der Waals surface area contributed by atoms with E-state index in [1.54, 1.807) is 11.0 Å². The summed E-state index contributed by atoms with van der Waals surface area (Å²) in [6.07, 6.45) is 10.3. The minimum absolute atomic E-state index is 0.132. The summed E-state index contributed by atoms with van der Waals surface area (Å²) in [4.78, 5) is 23.0. The summed E-state index contributed by atoms with van der Waals surface area (Å²) in [5.74, 6) is 0. The zero-order valence-electron chi connectivity index (χ0n) is 15.7. The molecule has 5 nitrogen and oxygen atoms in total. The highest BCUT2D eigenvalue weighted by molar-refractivity contribution is 5.69. The Morgan fingerprint density at radius 3 is 2.38 bits per heavy atom. The number of amides is 1. The Labute approximate surface area is 146 Å². The van der Waals surface area contributed by atoms with E-state index in [2.05, 4.69) is 6.58 Å². The molecule has 5 heteroatoms. The van der Waals surface area contributed by atoms with E-state index in [-0.39, 0.29) is 12.2 Å². The SMILES string of the molecule is C=C/C=C\C=C\C1CN(C(=O)OC(C)(C)C)C(C)(C)O1.CCC=O. The molecule has 1 saturated heterocycles. The molecule has 0 spiro atoms. The molecule has 1 unspecified atom stereocenters. The lowest BCUT2D eigenvalue weighted by Crippen LogP contribution is -2.46. The van der Waals surface area contributed by atoms with Gasteiger partial charge in [-0.1, -0.05) is 43.9 Å². The Morgan fingerprint density at radius 2 is 1.92 bits per heavy atom. The number of allylic oxidation sites excluding steroid dienone is 4. The Morgan fingerprint density at radius 1 is 1.33 bits per heavy atom. The van der Waals surface area contributed by atoms with Crippen molar-refractivity contribution in [3.05, 3.63) is 37.0 Å². The zero-order chi connectivity index (χ0) is 18.8. The normalized spacial score (nSPS) is 19.9. The second-order valence-corrected chi connectivity index (χ2v) is 6.77. The molecule has 0 bridgehead atoms. The highest BCUT2D eigenvalue weighted by Crippen LogP contribution is 2.29. The van der Waals surface area contributed by atoms with E-state index < -0.39 is 11.3 Å². The van der Waals surface area contributed by atoms with Gasteiger partial charge in [0, 0.05) is 6.42 Å². The first-order chi connectivity index (χ1) is 11.1. The first kappa shape index (κ1) is 22.1. The van der Waals surface area contributed by atoms with Gasteiger partial charge in [0.25, 0.3) is 0 Å². The summed E-state index contributed by atoms with van der Waals surface area (Å²) in [7, 11) is 0. The first-order valence-electron chi connectivity index (χ1n) is 8.15. The molecular weight excluding hydrogens is 306 g/mol. The molecule has 1 heterocycles. The molecule has 136 valence electrons. The fourth-order valence-electron chi connectivity index (χ4n) is 1.91. The fourth-order valence-corrected chi connectivity index (χ4v) is 1.91. The van der Waals surface area contributed by atoms with Gasteiger partial charge in [-0.3, -0.25) is 4.90 Å². The van der Waals surface area contributed by atoms with Crippen LogP contribution in [0.4, 0.5) is 4.79 Å². The summed E-state index contributed by atoms with van der Waals surface area (Å²) in [5, 5.41) is 0. The van der Waals surface area contributed by atoms with Gasteiger partial charge in [-0.2, -0.15) is 0 Å². The topological polar surface area (TPSA) is 55.8 Å². The van der Waals surface area contributed by atoms with Crippen molar-refractivity contribution >= 4 is 12.4 Å². The molecule has 1 aliphatic heterocycles. The molecule has 1 aliphatic rings. The first-order valence-corrected chi connectivity index (χ1v) is 8.15. The van der Waals surface area contributed by atoms with E-state index in [0.717, 1.165) is 6.29 Å². The molecule has 0 aromatic heterocycles. The largest absolute Gasteiger partial charge is 0.444 e. The zero-order valence-corrected chi connectivity index (χ0v) is 15.7. The van der Waals surface area contributed by atoms with E-state index in [1.807, 2.05) is 65.8 Å². The number of nitrogens with zero attached hydrogens (tertiary/aromatic N) is 1. The van der Waals surface area contributed by atoms with Crippen LogP contribution in [0.5, 0.6) is 0 Å². The van der Waals surface area contributed by atoms with Gasteiger partial charge < -0.3 is 14.3 Å². The number of carbonyl (C=O) groups is 2. The molecule has 0 aromatic rings. The number of hydrogen-bond donors (Lipinski definition) is 0. The van der Waals surface area contributed by atoms with Crippen molar-refractivity contribution in [2.75, 3.05) is 6.54 Å². The average Bonchev–Trinajstić information content (AvgIpc) is 2.77. The third-order valence-electron chi connectivity index (χ3n) is 2.92.